The van der Waals surface area contributed by atoms with Crippen molar-refractivity contribution in [3.63, 3.8) is 0 Å². The number of fused-ring (bicyclic) bond motifs is 6. The van der Waals surface area contributed by atoms with Crippen LogP contribution in [0.15, 0.2) is 150 Å². The summed E-state index contributed by atoms with van der Waals surface area (Å²) in [5.41, 5.74) is 6.17. The topological polar surface area (TPSA) is 46.8 Å². The summed E-state index contributed by atoms with van der Waals surface area (Å²) in [6, 6.07) is 44.5. The summed E-state index contributed by atoms with van der Waals surface area (Å²) in [5, 5.41) is 4.61. The first-order valence-electron chi connectivity index (χ1n) is 14.2. The molecular formula is C37H23N5S. The molecule has 3 aromatic heterocycles. The van der Waals surface area contributed by atoms with Crippen LogP contribution in [0.4, 0.5) is 17.3 Å². The average molecular weight is 570 g/mol. The van der Waals surface area contributed by atoms with Gasteiger partial charge in [-0.15, -0.1) is 0 Å². The Labute approximate surface area is 252 Å². The van der Waals surface area contributed by atoms with E-state index in [2.05, 4.69) is 142 Å². The third kappa shape index (κ3) is 3.84. The highest BCUT2D eigenvalue weighted by molar-refractivity contribution is 7.99. The van der Waals surface area contributed by atoms with Gasteiger partial charge in [0.15, 0.2) is 0 Å². The first-order chi connectivity index (χ1) is 21.3. The predicted molar refractivity (Wildman–Crippen MR) is 176 cm³/mol. The van der Waals surface area contributed by atoms with Crippen LogP contribution in [0.5, 0.6) is 0 Å². The summed E-state index contributed by atoms with van der Waals surface area (Å²) >= 11 is 1.78. The minimum atomic E-state index is 0.626. The minimum absolute atomic E-state index is 0.626. The molecule has 1 aliphatic heterocycles. The van der Waals surface area contributed by atoms with Crippen LogP contribution in [0.2, 0.25) is 0 Å². The van der Waals surface area contributed by atoms with E-state index < -0.39 is 0 Å². The van der Waals surface area contributed by atoms with Gasteiger partial charge in [-0.05, 0) is 53.2 Å². The summed E-state index contributed by atoms with van der Waals surface area (Å²) in [6.07, 6.45) is 3.78. The Bertz CT molecular complexity index is 2260. The number of para-hydroxylation sites is 3. The Morgan fingerprint density at radius 2 is 1.26 bits per heavy atom. The Balaban J connectivity index is 1.36. The third-order valence-electron chi connectivity index (χ3n) is 8.08. The number of benzene rings is 5. The molecule has 5 aromatic carbocycles. The van der Waals surface area contributed by atoms with Crippen molar-refractivity contribution in [2.75, 3.05) is 4.90 Å². The fraction of sp³-hybridized carbons (Fsp3) is 0. The first kappa shape index (κ1) is 24.2. The second-order valence-electron chi connectivity index (χ2n) is 10.6. The molecule has 0 unspecified atom stereocenters. The van der Waals surface area contributed by atoms with Crippen molar-refractivity contribution in [3.8, 4) is 17.1 Å². The van der Waals surface area contributed by atoms with E-state index in [9.17, 15) is 0 Å². The molecule has 43 heavy (non-hydrogen) atoms. The van der Waals surface area contributed by atoms with Crippen LogP contribution in [-0.4, -0.2) is 19.5 Å². The molecule has 0 N–H and O–H groups in total. The highest BCUT2D eigenvalue weighted by Crippen LogP contribution is 2.50. The predicted octanol–water partition coefficient (Wildman–Crippen LogP) is 9.72. The van der Waals surface area contributed by atoms with E-state index in [1.54, 1.807) is 11.8 Å². The SMILES string of the molecule is c1ccc2c(c1)Sc1ccccc1N2c1nc(-c2ccc3ccccc3c2)cc(-n2c3ccccc3c3cnccc32)n1. The lowest BCUT2D eigenvalue weighted by molar-refractivity contribution is 0.995. The molecule has 1 aliphatic rings. The fourth-order valence-corrected chi connectivity index (χ4v) is 7.17. The molecule has 0 spiro atoms. The van der Waals surface area contributed by atoms with E-state index in [1.165, 1.54) is 20.6 Å². The largest absolute Gasteiger partial charge is 0.293 e. The van der Waals surface area contributed by atoms with Gasteiger partial charge in [-0.3, -0.25) is 14.5 Å². The van der Waals surface area contributed by atoms with E-state index in [0.717, 1.165) is 50.3 Å². The normalized spacial score (nSPS) is 12.5. The lowest BCUT2D eigenvalue weighted by atomic mass is 10.0. The first-order valence-corrected chi connectivity index (χ1v) is 15.0. The van der Waals surface area contributed by atoms with Gasteiger partial charge in [0, 0.05) is 44.6 Å². The van der Waals surface area contributed by atoms with E-state index in [4.69, 9.17) is 9.97 Å². The fourth-order valence-electron chi connectivity index (χ4n) is 6.12. The second-order valence-corrected chi connectivity index (χ2v) is 11.7. The lowest BCUT2D eigenvalue weighted by Crippen LogP contribution is -2.18. The average Bonchev–Trinajstić information content (AvgIpc) is 3.41. The highest BCUT2D eigenvalue weighted by atomic mass is 32.2. The molecule has 0 atom stereocenters. The molecule has 202 valence electrons. The van der Waals surface area contributed by atoms with Gasteiger partial charge in [0.05, 0.1) is 28.1 Å². The molecule has 4 heterocycles. The number of rotatable bonds is 3. The number of nitrogens with zero attached hydrogens (tertiary/aromatic N) is 5. The smallest absolute Gasteiger partial charge is 0.237 e. The van der Waals surface area contributed by atoms with Gasteiger partial charge in [0.1, 0.15) is 5.82 Å². The maximum absolute atomic E-state index is 5.33. The molecule has 0 aliphatic carbocycles. The zero-order valence-corrected chi connectivity index (χ0v) is 23.7. The second kappa shape index (κ2) is 9.54. The monoisotopic (exact) mass is 569 g/mol. The van der Waals surface area contributed by atoms with E-state index in [0.29, 0.717) is 5.95 Å². The van der Waals surface area contributed by atoms with Gasteiger partial charge >= 0.3 is 0 Å². The summed E-state index contributed by atoms with van der Waals surface area (Å²) in [6.45, 7) is 0. The Kier molecular flexibility index (Phi) is 5.36. The summed E-state index contributed by atoms with van der Waals surface area (Å²) in [7, 11) is 0. The Hall–Kier alpha value is -5.46. The maximum Gasteiger partial charge on any atom is 0.237 e. The number of hydrogen-bond acceptors (Lipinski definition) is 5. The van der Waals surface area contributed by atoms with E-state index in [-0.39, 0.29) is 0 Å². The van der Waals surface area contributed by atoms with E-state index in [1.807, 2.05) is 12.4 Å². The number of hydrogen-bond donors (Lipinski definition) is 0. The molecule has 0 radical (unpaired) electrons. The molecule has 0 fully saturated rings. The van der Waals surface area contributed by atoms with Crippen LogP contribution in [0, 0.1) is 0 Å². The molecule has 5 nitrogen and oxygen atoms in total. The highest BCUT2D eigenvalue weighted by Gasteiger charge is 2.27. The molecular weight excluding hydrogens is 547 g/mol. The van der Waals surface area contributed by atoms with Crippen molar-refractivity contribution in [2.24, 2.45) is 0 Å². The van der Waals surface area contributed by atoms with Crippen LogP contribution in [0.1, 0.15) is 0 Å². The maximum atomic E-state index is 5.33. The molecule has 0 amide bonds. The van der Waals surface area contributed by atoms with Crippen LogP contribution in [0.25, 0.3) is 49.7 Å². The molecule has 0 saturated carbocycles. The van der Waals surface area contributed by atoms with Crippen LogP contribution < -0.4 is 4.90 Å². The van der Waals surface area contributed by atoms with Crippen molar-refractivity contribution < 1.29 is 0 Å². The molecule has 0 saturated heterocycles. The third-order valence-corrected chi connectivity index (χ3v) is 9.21. The van der Waals surface area contributed by atoms with Crippen molar-refractivity contribution in [1.29, 1.82) is 0 Å². The number of pyridine rings is 1. The quantitative estimate of drug-likeness (QED) is 0.212. The zero-order chi connectivity index (χ0) is 28.3. The molecule has 0 bridgehead atoms. The summed E-state index contributed by atoms with van der Waals surface area (Å²) in [5.74, 6) is 1.43. The van der Waals surface area contributed by atoms with E-state index >= 15 is 0 Å². The lowest BCUT2D eigenvalue weighted by Gasteiger charge is -2.31. The minimum Gasteiger partial charge on any atom is -0.293 e. The van der Waals surface area contributed by atoms with Crippen LogP contribution in [-0.2, 0) is 0 Å². The molecule has 8 aromatic rings. The van der Waals surface area contributed by atoms with Crippen molar-refractivity contribution in [2.45, 2.75) is 9.79 Å². The number of aromatic nitrogens is 4. The molecule has 9 rings (SSSR count). The van der Waals surface area contributed by atoms with Gasteiger partial charge < -0.3 is 0 Å². The number of anilines is 3. The van der Waals surface area contributed by atoms with Gasteiger partial charge in [-0.1, -0.05) is 90.6 Å². The zero-order valence-electron chi connectivity index (χ0n) is 22.9. The van der Waals surface area contributed by atoms with Gasteiger partial charge in [0.25, 0.3) is 0 Å². The van der Waals surface area contributed by atoms with Gasteiger partial charge in [-0.25, -0.2) is 4.98 Å². The standard InChI is InChI=1S/C37H23N5S/c1-2-10-25-21-26(18-17-24(25)9-1)29-22-36(41-30-12-4-3-11-27(30)28-23-38-20-19-31(28)41)40-37(39-29)42-32-13-5-7-15-34(32)43-35-16-8-6-14-33(35)42/h1-23H. The van der Waals surface area contributed by atoms with Gasteiger partial charge in [-0.2, -0.15) is 4.98 Å². The Morgan fingerprint density at radius 3 is 2.09 bits per heavy atom. The summed E-state index contributed by atoms with van der Waals surface area (Å²) in [4.78, 5) is 19.6. The van der Waals surface area contributed by atoms with Crippen molar-refractivity contribution >= 4 is 61.7 Å². The Morgan fingerprint density at radius 1 is 0.558 bits per heavy atom. The summed E-state index contributed by atoms with van der Waals surface area (Å²) < 4.78 is 2.23. The van der Waals surface area contributed by atoms with Gasteiger partial charge in [0.2, 0.25) is 5.95 Å². The van der Waals surface area contributed by atoms with Crippen molar-refractivity contribution in [3.05, 3.63) is 140 Å². The van der Waals surface area contributed by atoms with Crippen molar-refractivity contribution in [1.82, 2.24) is 19.5 Å². The molecule has 6 heteroatoms. The van der Waals surface area contributed by atoms with Crippen LogP contribution in [0.3, 0.4) is 0 Å². The van der Waals surface area contributed by atoms with Crippen LogP contribution >= 0.6 is 11.8 Å².